The van der Waals surface area contributed by atoms with E-state index in [1.807, 2.05) is 6.07 Å². The van der Waals surface area contributed by atoms with E-state index in [4.69, 9.17) is 5.26 Å². The van der Waals surface area contributed by atoms with Crippen LogP contribution < -0.4 is 5.32 Å². The van der Waals surface area contributed by atoms with Crippen molar-refractivity contribution in [1.29, 1.82) is 5.26 Å². The molecule has 0 aromatic heterocycles. The van der Waals surface area contributed by atoms with Crippen molar-refractivity contribution < 1.29 is 9.90 Å². The lowest BCUT2D eigenvalue weighted by Crippen LogP contribution is -2.37. The highest BCUT2D eigenvalue weighted by atomic mass is 16.3. The first-order valence-corrected chi connectivity index (χ1v) is 5.97. The number of carbonyl (C=O) groups is 1. The van der Waals surface area contributed by atoms with Crippen molar-refractivity contribution >= 4 is 5.91 Å². The summed E-state index contributed by atoms with van der Waals surface area (Å²) in [7, 11) is 0. The molecule has 16 heavy (non-hydrogen) atoms. The van der Waals surface area contributed by atoms with E-state index in [1.54, 1.807) is 6.92 Å². The Bertz CT molecular complexity index is 273. The summed E-state index contributed by atoms with van der Waals surface area (Å²) in [5, 5.41) is 20.6. The number of amides is 1. The zero-order chi connectivity index (χ0) is 12.0. The molecule has 1 aliphatic rings. The minimum Gasteiger partial charge on any atom is -0.396 e. The molecule has 90 valence electrons. The van der Waals surface area contributed by atoms with Gasteiger partial charge in [0.1, 0.15) is 5.92 Å². The third-order valence-corrected chi connectivity index (χ3v) is 3.43. The molecule has 1 aliphatic carbocycles. The van der Waals surface area contributed by atoms with E-state index >= 15 is 0 Å². The minimum absolute atomic E-state index is 0.203. The fourth-order valence-electron chi connectivity index (χ4n) is 2.24. The lowest BCUT2D eigenvalue weighted by Gasteiger charge is -2.30. The van der Waals surface area contributed by atoms with Crippen LogP contribution in [0.2, 0.25) is 0 Å². The molecular formula is C12H20N2O2. The Labute approximate surface area is 96.6 Å². The number of nitrogens with one attached hydrogen (secondary N) is 1. The van der Waals surface area contributed by atoms with Gasteiger partial charge in [0, 0.05) is 13.2 Å². The Kier molecular flexibility index (Phi) is 5.27. The molecule has 0 bridgehead atoms. The second kappa shape index (κ2) is 6.49. The summed E-state index contributed by atoms with van der Waals surface area (Å²) in [6.45, 7) is 2.39. The summed E-state index contributed by atoms with van der Waals surface area (Å²) in [5.41, 5.74) is 0. The average molecular weight is 224 g/mol. The third kappa shape index (κ3) is 3.49. The molecule has 0 spiro atoms. The van der Waals surface area contributed by atoms with Gasteiger partial charge >= 0.3 is 0 Å². The van der Waals surface area contributed by atoms with Gasteiger partial charge in [0.25, 0.3) is 0 Å². The van der Waals surface area contributed by atoms with Crippen LogP contribution in [0.4, 0.5) is 0 Å². The maximum absolute atomic E-state index is 11.4. The molecule has 0 aliphatic heterocycles. The van der Waals surface area contributed by atoms with E-state index in [0.717, 1.165) is 12.8 Å². The summed E-state index contributed by atoms with van der Waals surface area (Å²) in [6.07, 6.45) is 4.45. The Morgan fingerprint density at radius 2 is 2.12 bits per heavy atom. The van der Waals surface area contributed by atoms with Crippen LogP contribution in [0, 0.1) is 29.1 Å². The number of nitriles is 1. The molecule has 0 aromatic carbocycles. The predicted molar refractivity (Wildman–Crippen MR) is 60.3 cm³/mol. The van der Waals surface area contributed by atoms with Gasteiger partial charge < -0.3 is 10.4 Å². The fraction of sp³-hybridized carbons (Fsp3) is 0.833. The van der Waals surface area contributed by atoms with E-state index < -0.39 is 5.92 Å². The van der Waals surface area contributed by atoms with Crippen molar-refractivity contribution in [3.8, 4) is 6.07 Å². The molecule has 1 fully saturated rings. The van der Waals surface area contributed by atoms with Crippen LogP contribution in [-0.2, 0) is 4.79 Å². The molecule has 4 heteroatoms. The quantitative estimate of drug-likeness (QED) is 0.750. The van der Waals surface area contributed by atoms with E-state index in [2.05, 4.69) is 5.32 Å². The molecule has 0 heterocycles. The highest BCUT2D eigenvalue weighted by Gasteiger charge is 2.25. The van der Waals surface area contributed by atoms with E-state index in [9.17, 15) is 9.90 Å². The van der Waals surface area contributed by atoms with Gasteiger partial charge in [-0.1, -0.05) is 12.8 Å². The summed E-state index contributed by atoms with van der Waals surface area (Å²) in [6, 6.07) is 1.92. The third-order valence-electron chi connectivity index (χ3n) is 3.43. The first-order chi connectivity index (χ1) is 7.69. The molecule has 3 atom stereocenters. The number of aliphatic hydroxyl groups excluding tert-OH is 1. The zero-order valence-corrected chi connectivity index (χ0v) is 9.78. The van der Waals surface area contributed by atoms with Crippen LogP contribution >= 0.6 is 0 Å². The van der Waals surface area contributed by atoms with Crippen LogP contribution in [0.25, 0.3) is 0 Å². The predicted octanol–water partition coefficient (Wildman–Crippen LogP) is 1.06. The summed E-state index contributed by atoms with van der Waals surface area (Å²) in [4.78, 5) is 11.4. The molecule has 1 saturated carbocycles. The Hall–Kier alpha value is -1.08. The second-order valence-electron chi connectivity index (χ2n) is 4.58. The van der Waals surface area contributed by atoms with Gasteiger partial charge in [-0.05, 0) is 31.6 Å². The van der Waals surface area contributed by atoms with Crippen molar-refractivity contribution in [2.75, 3.05) is 13.2 Å². The molecule has 4 nitrogen and oxygen atoms in total. The molecule has 0 aromatic rings. The Balaban J connectivity index is 2.36. The van der Waals surface area contributed by atoms with Crippen molar-refractivity contribution in [2.24, 2.45) is 17.8 Å². The molecule has 0 radical (unpaired) electrons. The van der Waals surface area contributed by atoms with E-state index in [1.165, 1.54) is 12.8 Å². The highest BCUT2D eigenvalue weighted by Crippen LogP contribution is 2.29. The Morgan fingerprint density at radius 3 is 2.69 bits per heavy atom. The van der Waals surface area contributed by atoms with Gasteiger partial charge in [-0.3, -0.25) is 4.79 Å². The fourth-order valence-corrected chi connectivity index (χ4v) is 2.24. The standard InChI is InChI=1S/C12H20N2O2/c1-9(6-13)12(16)14-7-10-4-2-3-5-11(10)8-15/h9-11,15H,2-5,7-8H2,1H3,(H,14,16). The molecule has 1 rings (SSSR count). The number of nitrogens with zero attached hydrogens (tertiary/aromatic N) is 1. The van der Waals surface area contributed by atoms with Gasteiger partial charge in [0.05, 0.1) is 6.07 Å². The van der Waals surface area contributed by atoms with Crippen LogP contribution in [0.15, 0.2) is 0 Å². The highest BCUT2D eigenvalue weighted by molar-refractivity contribution is 5.80. The number of hydrogen-bond donors (Lipinski definition) is 2. The minimum atomic E-state index is -0.587. The molecular weight excluding hydrogens is 204 g/mol. The van der Waals surface area contributed by atoms with Crippen molar-refractivity contribution in [3.63, 3.8) is 0 Å². The maximum Gasteiger partial charge on any atom is 0.237 e. The Morgan fingerprint density at radius 1 is 1.50 bits per heavy atom. The monoisotopic (exact) mass is 224 g/mol. The normalized spacial score (nSPS) is 26.8. The first-order valence-electron chi connectivity index (χ1n) is 5.97. The van der Waals surface area contributed by atoms with Crippen molar-refractivity contribution in [1.82, 2.24) is 5.32 Å². The molecule has 2 N–H and O–H groups in total. The first kappa shape index (κ1) is 13.0. The molecule has 1 amide bonds. The van der Waals surface area contributed by atoms with Gasteiger partial charge in [-0.2, -0.15) is 5.26 Å². The van der Waals surface area contributed by atoms with E-state index in [0.29, 0.717) is 18.4 Å². The van der Waals surface area contributed by atoms with Gasteiger partial charge in [0.15, 0.2) is 0 Å². The largest absolute Gasteiger partial charge is 0.396 e. The summed E-state index contributed by atoms with van der Waals surface area (Å²) < 4.78 is 0. The number of carbonyl (C=O) groups excluding carboxylic acids is 1. The lowest BCUT2D eigenvalue weighted by molar-refractivity contribution is -0.123. The summed E-state index contributed by atoms with van der Waals surface area (Å²) >= 11 is 0. The number of aliphatic hydroxyl groups is 1. The maximum atomic E-state index is 11.4. The topological polar surface area (TPSA) is 73.1 Å². The SMILES string of the molecule is CC(C#N)C(=O)NCC1CCCCC1CO. The van der Waals surface area contributed by atoms with Crippen LogP contribution in [0.1, 0.15) is 32.6 Å². The summed E-state index contributed by atoms with van der Waals surface area (Å²) in [5.74, 6) is -0.110. The van der Waals surface area contributed by atoms with E-state index in [-0.39, 0.29) is 12.5 Å². The second-order valence-corrected chi connectivity index (χ2v) is 4.58. The van der Waals surface area contributed by atoms with Gasteiger partial charge in [0.2, 0.25) is 5.91 Å². The smallest absolute Gasteiger partial charge is 0.237 e. The lowest BCUT2D eigenvalue weighted by atomic mass is 9.79. The van der Waals surface area contributed by atoms with Crippen molar-refractivity contribution in [3.05, 3.63) is 0 Å². The molecule has 3 unspecified atom stereocenters. The number of hydrogen-bond acceptors (Lipinski definition) is 3. The number of rotatable bonds is 4. The van der Waals surface area contributed by atoms with Crippen molar-refractivity contribution in [2.45, 2.75) is 32.6 Å². The van der Waals surface area contributed by atoms with Gasteiger partial charge in [-0.15, -0.1) is 0 Å². The molecule has 0 saturated heterocycles. The average Bonchev–Trinajstić information content (AvgIpc) is 2.35. The van der Waals surface area contributed by atoms with Crippen LogP contribution in [0.3, 0.4) is 0 Å². The van der Waals surface area contributed by atoms with Gasteiger partial charge in [-0.25, -0.2) is 0 Å². The zero-order valence-electron chi connectivity index (χ0n) is 9.78. The van der Waals surface area contributed by atoms with Crippen LogP contribution in [-0.4, -0.2) is 24.2 Å². The van der Waals surface area contributed by atoms with Crippen LogP contribution in [0.5, 0.6) is 0 Å².